The van der Waals surface area contributed by atoms with Crippen molar-refractivity contribution in [2.45, 2.75) is 70.4 Å². The van der Waals surface area contributed by atoms with E-state index in [1.165, 1.54) is 37.9 Å². The molecule has 1 aromatic heterocycles. The minimum atomic E-state index is -0.841. The maximum atomic E-state index is 6.87. The summed E-state index contributed by atoms with van der Waals surface area (Å²) in [6, 6.07) is 34.3. The Morgan fingerprint density at radius 1 is 0.837 bits per heavy atom. The van der Waals surface area contributed by atoms with Crippen LogP contribution in [-0.2, 0) is 57.4 Å². The predicted octanol–water partition coefficient (Wildman–Crippen LogP) is 8.72. The van der Waals surface area contributed by atoms with Crippen molar-refractivity contribution in [3.05, 3.63) is 141 Å². The van der Waals surface area contributed by atoms with Crippen LogP contribution in [0.2, 0.25) is 0 Å². The number of fused-ring (bicyclic) bond motifs is 3. The smallest absolute Gasteiger partial charge is 0.198 e. The van der Waals surface area contributed by atoms with Crippen LogP contribution in [0.4, 0.5) is 0 Å². The van der Waals surface area contributed by atoms with E-state index in [9.17, 15) is 0 Å². The lowest BCUT2D eigenvalue weighted by molar-refractivity contribution is -0.309. The normalized spacial score (nSPS) is 21.4. The number of rotatable bonds is 10. The summed E-state index contributed by atoms with van der Waals surface area (Å²) in [6.45, 7) is 4.35. The van der Waals surface area contributed by atoms with Gasteiger partial charge in [0, 0.05) is 23.1 Å². The van der Waals surface area contributed by atoms with Gasteiger partial charge in [0.05, 0.1) is 38.6 Å². The molecule has 1 fully saturated rings. The van der Waals surface area contributed by atoms with Gasteiger partial charge in [0.1, 0.15) is 0 Å². The summed E-state index contributed by atoms with van der Waals surface area (Å²) >= 11 is 1.82. The Bertz CT molecular complexity index is 1650. The summed E-state index contributed by atoms with van der Waals surface area (Å²) in [7, 11) is 0. The van der Waals surface area contributed by atoms with Gasteiger partial charge in [-0.1, -0.05) is 91.9 Å². The second-order valence-electron chi connectivity index (χ2n) is 11.8. The summed E-state index contributed by atoms with van der Waals surface area (Å²) in [4.78, 5) is 0. The molecule has 4 nitrogen and oxygen atoms in total. The van der Waals surface area contributed by atoms with Gasteiger partial charge >= 0.3 is 0 Å². The molecule has 43 heavy (non-hydrogen) atoms. The van der Waals surface area contributed by atoms with Gasteiger partial charge in [-0.3, -0.25) is 0 Å². The van der Waals surface area contributed by atoms with E-state index in [0.717, 1.165) is 30.4 Å². The lowest BCUT2D eigenvalue weighted by Crippen LogP contribution is -2.46. The monoisotopic (exact) mass is 590 g/mol. The van der Waals surface area contributed by atoms with Crippen molar-refractivity contribution in [2.24, 2.45) is 0 Å². The molecule has 1 spiro atoms. The lowest BCUT2D eigenvalue weighted by Gasteiger charge is -2.42. The summed E-state index contributed by atoms with van der Waals surface area (Å²) < 4.78 is 27.5. The second kappa shape index (κ2) is 12.7. The van der Waals surface area contributed by atoms with Crippen molar-refractivity contribution in [1.29, 1.82) is 0 Å². The van der Waals surface area contributed by atoms with Gasteiger partial charge in [-0.15, -0.1) is 11.3 Å². The minimum Gasteiger partial charge on any atom is -0.374 e. The van der Waals surface area contributed by atoms with E-state index in [2.05, 4.69) is 85.1 Å². The van der Waals surface area contributed by atoms with Crippen LogP contribution in [0.5, 0.6) is 0 Å². The summed E-state index contributed by atoms with van der Waals surface area (Å²) in [6.07, 6.45) is 3.24. The first kappa shape index (κ1) is 28.5. The first-order valence-electron chi connectivity index (χ1n) is 15.4. The Hall–Kier alpha value is -3.32. The molecule has 3 heterocycles. The lowest BCUT2D eigenvalue weighted by atomic mass is 9.90. The highest BCUT2D eigenvalue weighted by atomic mass is 32.1. The van der Waals surface area contributed by atoms with Crippen molar-refractivity contribution in [2.75, 3.05) is 6.61 Å². The van der Waals surface area contributed by atoms with Crippen LogP contribution >= 0.6 is 11.3 Å². The molecule has 220 valence electrons. The zero-order valence-corrected chi connectivity index (χ0v) is 25.5. The molecule has 7 rings (SSSR count). The fourth-order valence-corrected chi connectivity index (χ4v) is 7.38. The van der Waals surface area contributed by atoms with Crippen LogP contribution in [0, 0.1) is 0 Å². The van der Waals surface area contributed by atoms with Crippen molar-refractivity contribution < 1.29 is 18.9 Å². The molecular weight excluding hydrogens is 552 g/mol. The van der Waals surface area contributed by atoms with Crippen molar-refractivity contribution in [1.82, 2.24) is 0 Å². The summed E-state index contributed by atoms with van der Waals surface area (Å²) in [5, 5.41) is 3.61. The molecule has 2 aliphatic heterocycles. The molecule has 0 saturated carbocycles. The van der Waals surface area contributed by atoms with Crippen LogP contribution in [0.3, 0.4) is 0 Å². The molecule has 0 amide bonds. The molecule has 5 aromatic rings. The van der Waals surface area contributed by atoms with Crippen LogP contribution in [0.1, 0.15) is 58.7 Å². The van der Waals surface area contributed by atoms with E-state index in [4.69, 9.17) is 18.9 Å². The zero-order chi connectivity index (χ0) is 29.1. The van der Waals surface area contributed by atoms with E-state index in [1.807, 2.05) is 35.6 Å². The largest absolute Gasteiger partial charge is 0.374 e. The summed E-state index contributed by atoms with van der Waals surface area (Å²) in [5.74, 6) is -0.841. The molecule has 0 aliphatic carbocycles. The molecule has 4 aromatic carbocycles. The Labute approximate surface area is 258 Å². The average Bonchev–Trinajstić information content (AvgIpc) is 3.60. The maximum absolute atomic E-state index is 6.87. The maximum Gasteiger partial charge on any atom is 0.198 e. The van der Waals surface area contributed by atoms with Crippen LogP contribution in [-0.4, -0.2) is 18.8 Å². The molecular formula is C38H38O4S. The molecule has 0 bridgehead atoms. The molecule has 3 atom stereocenters. The van der Waals surface area contributed by atoms with Gasteiger partial charge in [-0.05, 0) is 69.1 Å². The van der Waals surface area contributed by atoms with Crippen LogP contribution in [0.15, 0.2) is 102 Å². The standard InChI is InChI=1S/C38H38O4S/c1-2-27-13-15-28(16-14-27)17-32-26-43-37-18-31-24-41-38(36(31)20-35(32)37)21-33(40-23-30-11-7-4-8-12-30)19-34(42-38)25-39-22-29-9-5-3-6-10-29/h3-16,18,20,26,33-34H,2,17,19,21-25H2,1H3/t33-,34-,38+/m0/s1. The molecule has 0 N–H and O–H groups in total. The minimum absolute atomic E-state index is 0.0139. The fraction of sp³-hybridized carbons (Fsp3) is 0.316. The third kappa shape index (κ3) is 6.33. The highest BCUT2D eigenvalue weighted by molar-refractivity contribution is 7.17. The SMILES string of the molecule is CCc1ccc(Cc2csc3cc4c(cc23)[C@]2(C[C@@H](OCc3ccccc3)C[C@@H](COCc3ccccc3)O2)OC4)cc1. The Kier molecular flexibility index (Phi) is 8.42. The number of benzene rings is 4. The Morgan fingerprint density at radius 2 is 1.56 bits per heavy atom. The summed E-state index contributed by atoms with van der Waals surface area (Å²) in [5.41, 5.74) is 8.74. The van der Waals surface area contributed by atoms with Gasteiger partial charge in [0.25, 0.3) is 0 Å². The molecule has 2 aliphatic rings. The van der Waals surface area contributed by atoms with Crippen LogP contribution < -0.4 is 0 Å². The zero-order valence-electron chi connectivity index (χ0n) is 24.7. The van der Waals surface area contributed by atoms with E-state index < -0.39 is 5.79 Å². The van der Waals surface area contributed by atoms with E-state index >= 15 is 0 Å². The van der Waals surface area contributed by atoms with Gasteiger partial charge < -0.3 is 18.9 Å². The third-order valence-corrected chi connectivity index (χ3v) is 9.69. The first-order chi connectivity index (χ1) is 21.2. The Balaban J connectivity index is 1.15. The third-order valence-electron chi connectivity index (χ3n) is 8.70. The quantitative estimate of drug-likeness (QED) is 0.163. The van der Waals surface area contributed by atoms with Crippen molar-refractivity contribution in [3.63, 3.8) is 0 Å². The van der Waals surface area contributed by atoms with Crippen LogP contribution in [0.25, 0.3) is 10.1 Å². The van der Waals surface area contributed by atoms with E-state index in [1.54, 1.807) is 0 Å². The predicted molar refractivity (Wildman–Crippen MR) is 172 cm³/mol. The number of aryl methyl sites for hydroxylation is 1. The second-order valence-corrected chi connectivity index (χ2v) is 12.7. The number of ether oxygens (including phenoxy) is 4. The van der Waals surface area contributed by atoms with E-state index in [-0.39, 0.29) is 12.2 Å². The first-order valence-corrected chi connectivity index (χ1v) is 16.3. The Morgan fingerprint density at radius 3 is 2.30 bits per heavy atom. The highest BCUT2D eigenvalue weighted by Crippen LogP contribution is 2.48. The van der Waals surface area contributed by atoms with Gasteiger partial charge in [0.2, 0.25) is 0 Å². The van der Waals surface area contributed by atoms with Gasteiger partial charge in [-0.2, -0.15) is 0 Å². The van der Waals surface area contributed by atoms with E-state index in [0.29, 0.717) is 32.8 Å². The molecule has 0 unspecified atom stereocenters. The van der Waals surface area contributed by atoms with Crippen molar-refractivity contribution in [3.8, 4) is 0 Å². The molecule has 0 radical (unpaired) electrons. The molecule has 1 saturated heterocycles. The van der Waals surface area contributed by atoms with Gasteiger partial charge in [0.15, 0.2) is 5.79 Å². The number of hydrogen-bond acceptors (Lipinski definition) is 5. The number of thiophene rings is 1. The number of hydrogen-bond donors (Lipinski definition) is 0. The van der Waals surface area contributed by atoms with Gasteiger partial charge in [-0.25, -0.2) is 0 Å². The highest BCUT2D eigenvalue weighted by Gasteiger charge is 2.49. The topological polar surface area (TPSA) is 36.9 Å². The molecule has 5 heteroatoms. The van der Waals surface area contributed by atoms with Crippen molar-refractivity contribution >= 4 is 21.4 Å². The average molecular weight is 591 g/mol. The fourth-order valence-electron chi connectivity index (χ4n) is 6.37.